The molecule has 0 aromatic carbocycles. The van der Waals surface area contributed by atoms with Crippen LogP contribution in [0.5, 0.6) is 0 Å². The van der Waals surface area contributed by atoms with Crippen LogP contribution in [-0.4, -0.2) is 0 Å². The molecule has 0 aromatic heterocycles. The van der Waals surface area contributed by atoms with Crippen molar-refractivity contribution in [3.63, 3.8) is 0 Å². The Labute approximate surface area is 59.8 Å². The first-order valence-electron chi connectivity index (χ1n) is 0.478. The molecule has 0 bridgehead atoms. The van der Waals surface area contributed by atoms with Gasteiger partial charge < -0.3 is 0 Å². The van der Waals surface area contributed by atoms with E-state index in [2.05, 4.69) is 53.2 Å². The van der Waals surface area contributed by atoms with E-state index < -0.39 is 7.84 Å². The third-order valence-electron chi connectivity index (χ3n) is 0. The molecule has 5 heavy (non-hydrogen) atoms. The van der Waals surface area contributed by atoms with Crippen LogP contribution in [0.3, 0.4) is 0 Å². The van der Waals surface area contributed by atoms with E-state index in [0.717, 1.165) is 0 Å². The van der Waals surface area contributed by atoms with E-state index in [0.29, 0.717) is 0 Å². The summed E-state index contributed by atoms with van der Waals surface area (Å²) in [6.45, 7) is 0. The topological polar surface area (TPSA) is 0 Å². The summed E-state index contributed by atoms with van der Waals surface area (Å²) in [4.78, 5) is 0. The molecule has 0 fully saturated rings. The molecule has 0 aliphatic carbocycles. The maximum absolute atomic E-state index is 3.31. The fraction of sp³-hybridized carbons (Fsp3) is 0. The average Bonchev–Trinajstić information content (AvgIpc) is 0.722. The van der Waals surface area contributed by atoms with Gasteiger partial charge in [0.05, 0.1) is 0 Å². The maximum atomic E-state index is 3.31. The fourth-order valence-corrected chi connectivity index (χ4v) is 0. The normalized spacial score (nSPS) is 15.2. The van der Waals surface area contributed by atoms with E-state index in [1.165, 1.54) is 0 Å². The molecular formula is Br4Pt+2. The fourth-order valence-electron chi connectivity index (χ4n) is 0. The minimum absolute atomic E-state index is 1.69. The van der Waals surface area contributed by atoms with Crippen LogP contribution in [0.15, 0.2) is 0 Å². The molecule has 0 aromatic rings. The van der Waals surface area contributed by atoms with Crippen molar-refractivity contribution in [2.75, 3.05) is 0 Å². The van der Waals surface area contributed by atoms with Crippen molar-refractivity contribution >= 4 is 53.2 Å². The average molecular weight is 515 g/mol. The van der Waals surface area contributed by atoms with Crippen molar-refractivity contribution in [2.24, 2.45) is 0 Å². The summed E-state index contributed by atoms with van der Waals surface area (Å²) < 4.78 is 0. The summed E-state index contributed by atoms with van der Waals surface area (Å²) in [5, 5.41) is 0. The first kappa shape index (κ1) is 7.61. The third-order valence-corrected chi connectivity index (χ3v) is 0. The molecule has 0 N–H and O–H groups in total. The van der Waals surface area contributed by atoms with Crippen LogP contribution in [0.25, 0.3) is 0 Å². The zero-order valence-electron chi connectivity index (χ0n) is 1.83. The van der Waals surface area contributed by atoms with Gasteiger partial charge in [0.1, 0.15) is 0 Å². The summed E-state index contributed by atoms with van der Waals surface area (Å²) in [6, 6.07) is 0. The van der Waals surface area contributed by atoms with Gasteiger partial charge in [-0.1, -0.05) is 0 Å². The SMILES string of the molecule is [Br][Pt+2]([Br])([Br])[Br]. The van der Waals surface area contributed by atoms with Gasteiger partial charge >= 0.3 is 61.0 Å². The molecule has 36 valence electrons. The number of rotatable bonds is 0. The van der Waals surface area contributed by atoms with Crippen molar-refractivity contribution in [1.29, 1.82) is 0 Å². The van der Waals surface area contributed by atoms with Crippen LogP contribution in [0, 0.1) is 0 Å². The van der Waals surface area contributed by atoms with Crippen molar-refractivity contribution < 1.29 is 7.84 Å². The van der Waals surface area contributed by atoms with E-state index in [-0.39, 0.29) is 0 Å². The monoisotopic (exact) mass is 511 g/mol. The molecule has 0 saturated carbocycles. The molecule has 0 amide bonds. The van der Waals surface area contributed by atoms with E-state index in [1.54, 1.807) is 0 Å². The Bertz CT molecular complexity index is 19.1. The summed E-state index contributed by atoms with van der Waals surface area (Å²) in [5.74, 6) is 0. The van der Waals surface area contributed by atoms with Crippen LogP contribution >= 0.6 is 53.2 Å². The Hall–Kier alpha value is 2.61. The van der Waals surface area contributed by atoms with E-state index in [4.69, 9.17) is 0 Å². The second kappa shape index (κ2) is 2.80. The van der Waals surface area contributed by atoms with Crippen molar-refractivity contribution in [3.8, 4) is 0 Å². The minimum atomic E-state index is -1.69. The van der Waals surface area contributed by atoms with Crippen molar-refractivity contribution in [1.82, 2.24) is 0 Å². The molecule has 0 atom stereocenters. The molecule has 0 unspecified atom stereocenters. The Balaban J connectivity index is 3.02. The molecule has 0 nitrogen and oxygen atoms in total. The van der Waals surface area contributed by atoms with Gasteiger partial charge in [0.15, 0.2) is 0 Å². The van der Waals surface area contributed by atoms with Gasteiger partial charge in [0, 0.05) is 0 Å². The van der Waals surface area contributed by atoms with Crippen LogP contribution in [-0.2, 0) is 7.84 Å². The third kappa shape index (κ3) is 20.6. The molecule has 0 saturated heterocycles. The van der Waals surface area contributed by atoms with Crippen molar-refractivity contribution in [2.45, 2.75) is 0 Å². The molecule has 0 rings (SSSR count). The van der Waals surface area contributed by atoms with E-state index in [1.807, 2.05) is 0 Å². The number of halogens is 4. The predicted octanol–water partition coefficient (Wildman–Crippen LogP) is 3.38. The standard InChI is InChI=1S/4BrH.Pt/h4*1H;/q;;;;+6/p-4. The van der Waals surface area contributed by atoms with Gasteiger partial charge in [-0.2, -0.15) is 0 Å². The number of hydrogen-bond donors (Lipinski definition) is 0. The number of hydrogen-bond acceptors (Lipinski definition) is 0. The van der Waals surface area contributed by atoms with Crippen LogP contribution in [0.1, 0.15) is 0 Å². The second-order valence-corrected chi connectivity index (χ2v) is 59.9. The molecule has 0 aliphatic rings. The molecule has 0 spiro atoms. The molecule has 0 heterocycles. The Kier molecular flexibility index (Phi) is 4.27. The van der Waals surface area contributed by atoms with Crippen LogP contribution in [0.2, 0.25) is 0 Å². The van der Waals surface area contributed by atoms with Gasteiger partial charge in [-0.15, -0.1) is 0 Å². The molecule has 0 radical (unpaired) electrons. The summed E-state index contributed by atoms with van der Waals surface area (Å²) >= 11 is 13.2. The molecule has 0 aliphatic heterocycles. The van der Waals surface area contributed by atoms with Crippen molar-refractivity contribution in [3.05, 3.63) is 0 Å². The van der Waals surface area contributed by atoms with Gasteiger partial charge in [-0.25, -0.2) is 0 Å². The van der Waals surface area contributed by atoms with Gasteiger partial charge in [-0.05, 0) is 0 Å². The van der Waals surface area contributed by atoms with E-state index in [9.17, 15) is 0 Å². The molecule has 5 heteroatoms. The summed E-state index contributed by atoms with van der Waals surface area (Å²) in [7, 11) is -1.69. The zero-order valence-corrected chi connectivity index (χ0v) is 10.4. The predicted molar refractivity (Wildman–Crippen MR) is 35.7 cm³/mol. The van der Waals surface area contributed by atoms with Gasteiger partial charge in [0.25, 0.3) is 0 Å². The Morgan fingerprint density at radius 1 is 0.800 bits per heavy atom. The first-order chi connectivity index (χ1) is 2.00. The van der Waals surface area contributed by atoms with Crippen LogP contribution < -0.4 is 0 Å². The Morgan fingerprint density at radius 2 is 0.800 bits per heavy atom. The summed E-state index contributed by atoms with van der Waals surface area (Å²) in [5.41, 5.74) is 0. The Morgan fingerprint density at radius 3 is 0.800 bits per heavy atom. The first-order valence-corrected chi connectivity index (χ1v) is 20.3. The second-order valence-electron chi connectivity index (χ2n) is 0.271. The van der Waals surface area contributed by atoms with Crippen LogP contribution in [0.4, 0.5) is 0 Å². The summed E-state index contributed by atoms with van der Waals surface area (Å²) in [6.07, 6.45) is 0. The zero-order chi connectivity index (χ0) is 4.50. The van der Waals surface area contributed by atoms with Gasteiger partial charge in [-0.3, -0.25) is 0 Å². The van der Waals surface area contributed by atoms with E-state index >= 15 is 0 Å². The van der Waals surface area contributed by atoms with Gasteiger partial charge in [0.2, 0.25) is 0 Å². The molecular weight excluding hydrogens is 515 g/mol. The quantitative estimate of drug-likeness (QED) is 0.465.